The minimum atomic E-state index is -5.01. The van der Waals surface area contributed by atoms with Crippen molar-refractivity contribution in [2.45, 2.75) is 35.7 Å². The number of amides is 3. The van der Waals surface area contributed by atoms with Crippen LogP contribution >= 0.6 is 34.8 Å². The number of hydrogen-bond donors (Lipinski definition) is 3. The lowest BCUT2D eigenvalue weighted by atomic mass is 9.98. The SMILES string of the molecule is CC(F)(F)c1cc([C@H]2[C@H](C(=O)Nc3ccc(Cl)c(C(=O)Nc4ccc(F)c(NC(=O)C(F)F)c4F)c3)C2(Cl)Cl)cc(C(F)(F)F)c1. The molecule has 246 valence electrons. The summed E-state index contributed by atoms with van der Waals surface area (Å²) in [7, 11) is 0. The largest absolute Gasteiger partial charge is 0.416 e. The molecule has 46 heavy (non-hydrogen) atoms. The summed E-state index contributed by atoms with van der Waals surface area (Å²) >= 11 is 18.5. The molecule has 0 aliphatic heterocycles. The van der Waals surface area contributed by atoms with E-state index in [1.165, 1.54) is 11.4 Å². The minimum Gasteiger partial charge on any atom is -0.326 e. The smallest absolute Gasteiger partial charge is 0.326 e. The Morgan fingerprint density at radius 1 is 0.870 bits per heavy atom. The number of rotatable bonds is 8. The summed E-state index contributed by atoms with van der Waals surface area (Å²) in [5, 5.41) is 5.45. The molecule has 0 spiro atoms. The van der Waals surface area contributed by atoms with Crippen LogP contribution in [-0.4, -0.2) is 28.5 Å². The van der Waals surface area contributed by atoms with Crippen LogP contribution < -0.4 is 16.0 Å². The van der Waals surface area contributed by atoms with Gasteiger partial charge in [0.15, 0.2) is 5.82 Å². The van der Waals surface area contributed by atoms with Crippen molar-refractivity contribution in [3.63, 3.8) is 0 Å². The number of carbonyl (C=O) groups is 3. The molecule has 0 radical (unpaired) electrons. The van der Waals surface area contributed by atoms with Gasteiger partial charge in [0, 0.05) is 24.1 Å². The lowest BCUT2D eigenvalue weighted by molar-refractivity contribution is -0.137. The summed E-state index contributed by atoms with van der Waals surface area (Å²) in [6.07, 6.45) is -8.62. The Bertz CT molecular complexity index is 1700. The second-order valence-corrected chi connectivity index (χ2v) is 11.9. The lowest BCUT2D eigenvalue weighted by Gasteiger charge is -2.16. The predicted octanol–water partition coefficient (Wildman–Crippen LogP) is 8.73. The maximum absolute atomic E-state index is 14.8. The lowest BCUT2D eigenvalue weighted by Crippen LogP contribution is -2.22. The Morgan fingerprint density at radius 2 is 1.50 bits per heavy atom. The van der Waals surface area contributed by atoms with Crippen molar-refractivity contribution in [2.24, 2.45) is 5.92 Å². The number of alkyl halides is 9. The summed E-state index contributed by atoms with van der Waals surface area (Å²) < 4.78 is 120. The Balaban J connectivity index is 1.56. The molecule has 1 fully saturated rings. The fraction of sp³-hybridized carbons (Fsp3) is 0.250. The number of benzene rings is 3. The average molecular weight is 721 g/mol. The van der Waals surface area contributed by atoms with Gasteiger partial charge in [-0.1, -0.05) is 11.6 Å². The number of halogens is 12. The van der Waals surface area contributed by atoms with Crippen LogP contribution in [0, 0.1) is 17.6 Å². The van der Waals surface area contributed by atoms with Crippen LogP contribution in [0.3, 0.4) is 0 Å². The van der Waals surface area contributed by atoms with Crippen molar-refractivity contribution >= 4 is 69.6 Å². The Kier molecular flexibility index (Phi) is 9.55. The van der Waals surface area contributed by atoms with Gasteiger partial charge in [-0.3, -0.25) is 14.4 Å². The molecule has 0 heterocycles. The summed E-state index contributed by atoms with van der Waals surface area (Å²) in [6.45, 7) is 0.390. The highest BCUT2D eigenvalue weighted by atomic mass is 35.5. The van der Waals surface area contributed by atoms with E-state index >= 15 is 0 Å². The van der Waals surface area contributed by atoms with E-state index in [0.29, 0.717) is 19.1 Å². The van der Waals surface area contributed by atoms with E-state index in [2.05, 4.69) is 5.32 Å². The Morgan fingerprint density at radius 3 is 2.09 bits per heavy atom. The van der Waals surface area contributed by atoms with E-state index in [-0.39, 0.29) is 22.3 Å². The maximum atomic E-state index is 14.8. The van der Waals surface area contributed by atoms with Gasteiger partial charge in [-0.05, 0) is 54.1 Å². The van der Waals surface area contributed by atoms with Crippen LogP contribution in [-0.2, 0) is 21.7 Å². The van der Waals surface area contributed by atoms with E-state index in [1.54, 1.807) is 0 Å². The molecule has 18 heteroatoms. The molecule has 1 aliphatic carbocycles. The molecular formula is C28H17Cl3F9N3O3. The third kappa shape index (κ3) is 7.31. The number of anilines is 3. The van der Waals surface area contributed by atoms with Gasteiger partial charge in [0.1, 0.15) is 15.8 Å². The number of carbonyl (C=O) groups excluding carboxylic acids is 3. The quantitative estimate of drug-likeness (QED) is 0.161. The molecule has 0 aromatic heterocycles. The Labute approximate surface area is 268 Å². The van der Waals surface area contributed by atoms with Gasteiger partial charge in [-0.2, -0.15) is 22.0 Å². The first-order valence-electron chi connectivity index (χ1n) is 12.6. The van der Waals surface area contributed by atoms with E-state index in [1.807, 2.05) is 5.32 Å². The topological polar surface area (TPSA) is 87.3 Å². The van der Waals surface area contributed by atoms with Crippen molar-refractivity contribution in [1.29, 1.82) is 0 Å². The van der Waals surface area contributed by atoms with Gasteiger partial charge < -0.3 is 16.0 Å². The van der Waals surface area contributed by atoms with Gasteiger partial charge in [0.05, 0.1) is 27.8 Å². The third-order valence-corrected chi connectivity index (χ3v) is 8.02. The molecule has 2 atom stereocenters. The van der Waals surface area contributed by atoms with Crippen molar-refractivity contribution in [1.82, 2.24) is 0 Å². The molecule has 3 aromatic carbocycles. The summed E-state index contributed by atoms with van der Waals surface area (Å²) in [4.78, 5) is 37.2. The first-order valence-corrected chi connectivity index (χ1v) is 13.7. The summed E-state index contributed by atoms with van der Waals surface area (Å²) in [5.74, 6) is -13.6. The van der Waals surface area contributed by atoms with Crippen LogP contribution in [0.5, 0.6) is 0 Å². The van der Waals surface area contributed by atoms with Crippen molar-refractivity contribution in [2.75, 3.05) is 16.0 Å². The maximum Gasteiger partial charge on any atom is 0.416 e. The monoisotopic (exact) mass is 719 g/mol. The van der Waals surface area contributed by atoms with Crippen molar-refractivity contribution in [3.8, 4) is 0 Å². The predicted molar refractivity (Wildman–Crippen MR) is 151 cm³/mol. The molecule has 1 aliphatic rings. The zero-order valence-electron chi connectivity index (χ0n) is 22.6. The minimum absolute atomic E-state index is 0.149. The van der Waals surface area contributed by atoms with E-state index < -0.39 is 92.1 Å². The molecule has 3 amide bonds. The number of nitrogens with one attached hydrogen (secondary N) is 3. The molecule has 0 bridgehead atoms. The fourth-order valence-electron chi connectivity index (χ4n) is 4.44. The second-order valence-electron chi connectivity index (χ2n) is 10.1. The van der Waals surface area contributed by atoms with E-state index in [4.69, 9.17) is 34.8 Å². The van der Waals surface area contributed by atoms with Gasteiger partial charge in [0.25, 0.3) is 17.7 Å². The highest BCUT2D eigenvalue weighted by Gasteiger charge is 2.68. The fourth-order valence-corrected chi connectivity index (χ4v) is 5.48. The van der Waals surface area contributed by atoms with Crippen LogP contribution in [0.25, 0.3) is 0 Å². The normalized spacial score (nSPS) is 17.4. The average Bonchev–Trinajstić information content (AvgIpc) is 3.53. The van der Waals surface area contributed by atoms with Gasteiger partial charge in [-0.25, -0.2) is 17.6 Å². The first kappa shape index (κ1) is 35.2. The third-order valence-electron chi connectivity index (χ3n) is 6.75. The van der Waals surface area contributed by atoms with Crippen LogP contribution in [0.4, 0.5) is 56.6 Å². The molecular weight excluding hydrogens is 704 g/mol. The molecule has 0 saturated heterocycles. The van der Waals surface area contributed by atoms with Gasteiger partial charge in [-0.15, -0.1) is 23.2 Å². The Hall–Kier alpha value is -3.69. The zero-order chi connectivity index (χ0) is 34.5. The molecule has 6 nitrogen and oxygen atoms in total. The second kappa shape index (κ2) is 12.5. The zero-order valence-corrected chi connectivity index (χ0v) is 24.9. The molecule has 4 rings (SSSR count). The van der Waals surface area contributed by atoms with Crippen LogP contribution in [0.15, 0.2) is 48.5 Å². The molecule has 3 aromatic rings. The highest BCUT2D eigenvalue weighted by molar-refractivity contribution is 6.53. The van der Waals surface area contributed by atoms with E-state index in [0.717, 1.165) is 24.3 Å². The van der Waals surface area contributed by atoms with Gasteiger partial charge in [0.2, 0.25) is 5.91 Å². The van der Waals surface area contributed by atoms with E-state index in [9.17, 15) is 53.9 Å². The summed E-state index contributed by atoms with van der Waals surface area (Å²) in [6, 6.07) is 6.16. The first-order chi connectivity index (χ1) is 21.1. The molecule has 3 N–H and O–H groups in total. The van der Waals surface area contributed by atoms with Crippen LogP contribution in [0.2, 0.25) is 5.02 Å². The van der Waals surface area contributed by atoms with Crippen LogP contribution in [0.1, 0.15) is 39.9 Å². The van der Waals surface area contributed by atoms with Gasteiger partial charge >= 0.3 is 12.6 Å². The highest BCUT2D eigenvalue weighted by Crippen LogP contribution is 2.65. The standard InChI is InChI=1S/C28H17Cl3F9N3O3/c1-26(36,37)11-6-10(7-12(8-11)28(38,39)40)18-19(27(18,30)31)24(45)41-13-2-3-15(29)14(9-13)23(44)42-17-5-4-16(32)21(20(17)33)43-25(46)22(34)35/h2-9,18-19,22H,1H3,(H,41,45)(H,42,44)(H,43,46)/t18-,19+/m0/s1. The molecule has 0 unspecified atom stereocenters. The summed E-state index contributed by atoms with van der Waals surface area (Å²) in [5.41, 5.74) is -5.36. The molecule has 1 saturated carbocycles. The van der Waals surface area contributed by atoms with Crippen molar-refractivity contribution in [3.05, 3.63) is 87.4 Å². The number of hydrogen-bond acceptors (Lipinski definition) is 3. The van der Waals surface area contributed by atoms with Crippen molar-refractivity contribution < 1.29 is 53.9 Å².